The number of nitrogens with one attached hydrogen (secondary N) is 2. The number of aliphatic hydroxyl groups is 1. The van der Waals surface area contributed by atoms with Gasteiger partial charge in [0.25, 0.3) is 11.8 Å². The number of amides is 2. The number of hydrogen-bond donors (Lipinski definition) is 5. The summed E-state index contributed by atoms with van der Waals surface area (Å²) in [5.41, 5.74) is 2.98. The van der Waals surface area contributed by atoms with Crippen LogP contribution in [0.4, 0.5) is 0 Å². The normalized spacial score (nSPS) is 12.3. The van der Waals surface area contributed by atoms with E-state index in [1.807, 2.05) is 0 Å². The molecule has 0 saturated carbocycles. The van der Waals surface area contributed by atoms with Crippen LogP contribution in [0.15, 0.2) is 48.5 Å². The lowest BCUT2D eigenvalue weighted by atomic mass is 10.1. The predicted molar refractivity (Wildman–Crippen MR) is 93.4 cm³/mol. The molecule has 0 heterocycles. The Balaban J connectivity index is 2.09. The van der Waals surface area contributed by atoms with Gasteiger partial charge in [0.05, 0.1) is 6.10 Å². The Labute approximate surface area is 150 Å². The third-order valence-electron chi connectivity index (χ3n) is 3.51. The van der Waals surface area contributed by atoms with Crippen LogP contribution in [0.5, 0.6) is 5.75 Å². The van der Waals surface area contributed by atoms with Crippen LogP contribution < -0.4 is 10.8 Å². The zero-order chi connectivity index (χ0) is 19.1. The van der Waals surface area contributed by atoms with Gasteiger partial charge < -0.3 is 15.5 Å². The van der Waals surface area contributed by atoms with Gasteiger partial charge in [0.1, 0.15) is 11.8 Å². The number of phenolic OH excluding ortho intramolecular Hbond substituents is 1. The van der Waals surface area contributed by atoms with Gasteiger partial charge in [-0.25, -0.2) is 5.48 Å². The fourth-order valence-corrected chi connectivity index (χ4v) is 2.13. The molecule has 5 N–H and O–H groups in total. The first-order valence-electron chi connectivity index (χ1n) is 7.74. The lowest BCUT2D eigenvalue weighted by Crippen LogP contribution is -2.51. The highest BCUT2D eigenvalue weighted by molar-refractivity contribution is 5.97. The summed E-state index contributed by atoms with van der Waals surface area (Å²) in [4.78, 5) is 23.6. The van der Waals surface area contributed by atoms with Gasteiger partial charge in [0, 0.05) is 16.7 Å². The van der Waals surface area contributed by atoms with E-state index in [1.54, 1.807) is 30.3 Å². The molecular formula is C19H18N2O5. The largest absolute Gasteiger partial charge is 0.508 e. The fourth-order valence-electron chi connectivity index (χ4n) is 2.13. The van der Waals surface area contributed by atoms with Gasteiger partial charge in [-0.05, 0) is 49.4 Å². The van der Waals surface area contributed by atoms with Crippen molar-refractivity contribution in [3.63, 3.8) is 0 Å². The van der Waals surface area contributed by atoms with E-state index in [9.17, 15) is 19.8 Å². The van der Waals surface area contributed by atoms with Crippen molar-refractivity contribution < 1.29 is 25.0 Å². The number of rotatable bonds is 4. The lowest BCUT2D eigenvalue weighted by molar-refractivity contribution is -0.133. The molecule has 0 aliphatic carbocycles. The Morgan fingerprint density at radius 2 is 1.69 bits per heavy atom. The molecule has 0 saturated heterocycles. The van der Waals surface area contributed by atoms with E-state index in [4.69, 9.17) is 5.21 Å². The number of benzene rings is 2. The van der Waals surface area contributed by atoms with Crippen molar-refractivity contribution >= 4 is 11.8 Å². The summed E-state index contributed by atoms with van der Waals surface area (Å²) >= 11 is 0. The van der Waals surface area contributed by atoms with E-state index < -0.39 is 24.0 Å². The number of aromatic hydroxyl groups is 1. The molecule has 7 heteroatoms. The Hall–Kier alpha value is -3.34. The molecule has 0 bridgehead atoms. The first-order valence-corrected chi connectivity index (χ1v) is 7.74. The van der Waals surface area contributed by atoms with Crippen molar-refractivity contribution in [2.75, 3.05) is 0 Å². The summed E-state index contributed by atoms with van der Waals surface area (Å²) in [6, 6.07) is 11.6. The molecule has 7 nitrogen and oxygen atoms in total. The molecule has 0 spiro atoms. The highest BCUT2D eigenvalue weighted by Gasteiger charge is 2.25. The monoisotopic (exact) mass is 354 g/mol. The average molecular weight is 354 g/mol. The van der Waals surface area contributed by atoms with Crippen LogP contribution in [0, 0.1) is 11.8 Å². The van der Waals surface area contributed by atoms with E-state index in [0.717, 1.165) is 0 Å². The smallest absolute Gasteiger partial charge is 0.268 e. The summed E-state index contributed by atoms with van der Waals surface area (Å²) in [6.45, 7) is 1.32. The van der Waals surface area contributed by atoms with E-state index in [0.29, 0.717) is 11.1 Å². The second-order valence-corrected chi connectivity index (χ2v) is 5.55. The lowest BCUT2D eigenvalue weighted by Gasteiger charge is -2.19. The minimum Gasteiger partial charge on any atom is -0.508 e. The zero-order valence-electron chi connectivity index (χ0n) is 13.9. The van der Waals surface area contributed by atoms with Crippen molar-refractivity contribution in [1.29, 1.82) is 0 Å². The molecule has 0 aliphatic rings. The maximum absolute atomic E-state index is 12.2. The molecule has 0 unspecified atom stereocenters. The Bertz CT molecular complexity index is 850. The number of carbonyl (C=O) groups excluding carboxylic acids is 2. The molecule has 2 aromatic rings. The third-order valence-corrected chi connectivity index (χ3v) is 3.51. The Morgan fingerprint density at radius 3 is 2.27 bits per heavy atom. The molecule has 2 rings (SSSR count). The minimum atomic E-state index is -1.28. The van der Waals surface area contributed by atoms with Crippen LogP contribution in [0.2, 0.25) is 0 Å². The maximum atomic E-state index is 12.2. The number of hydrogen-bond acceptors (Lipinski definition) is 5. The minimum absolute atomic E-state index is 0.128. The van der Waals surface area contributed by atoms with Crippen molar-refractivity contribution in [3.05, 3.63) is 65.2 Å². The summed E-state index contributed by atoms with van der Waals surface area (Å²) in [5, 5.41) is 29.9. The van der Waals surface area contributed by atoms with Crippen molar-refractivity contribution in [1.82, 2.24) is 10.8 Å². The SMILES string of the molecule is C[C@@H](O)[C@H](NC(=O)c1ccc(C#Cc2cccc(O)c2)cc1)C(=O)NO. The average Bonchev–Trinajstić information content (AvgIpc) is 2.64. The highest BCUT2D eigenvalue weighted by atomic mass is 16.5. The van der Waals surface area contributed by atoms with Gasteiger partial charge in [-0.2, -0.15) is 0 Å². The molecule has 2 atom stereocenters. The molecule has 2 amide bonds. The van der Waals surface area contributed by atoms with Crippen LogP contribution in [-0.2, 0) is 4.79 Å². The molecule has 0 aromatic heterocycles. The van der Waals surface area contributed by atoms with E-state index in [1.165, 1.54) is 30.6 Å². The molecule has 134 valence electrons. The van der Waals surface area contributed by atoms with Crippen LogP contribution in [-0.4, -0.2) is 39.4 Å². The quantitative estimate of drug-likeness (QED) is 0.316. The zero-order valence-corrected chi connectivity index (χ0v) is 13.9. The summed E-state index contributed by atoms with van der Waals surface area (Å²) in [6.07, 6.45) is -1.18. The highest BCUT2D eigenvalue weighted by Crippen LogP contribution is 2.10. The molecule has 2 aromatic carbocycles. The number of aliphatic hydroxyl groups excluding tert-OH is 1. The molecular weight excluding hydrogens is 336 g/mol. The molecule has 0 aliphatic heterocycles. The maximum Gasteiger partial charge on any atom is 0.268 e. The van der Waals surface area contributed by atoms with Gasteiger partial charge in [-0.15, -0.1) is 0 Å². The van der Waals surface area contributed by atoms with E-state index in [-0.39, 0.29) is 11.3 Å². The molecule has 0 radical (unpaired) electrons. The second kappa shape index (κ2) is 8.67. The van der Waals surface area contributed by atoms with Crippen molar-refractivity contribution in [2.24, 2.45) is 0 Å². The van der Waals surface area contributed by atoms with Gasteiger partial charge in [-0.1, -0.05) is 17.9 Å². The fraction of sp³-hybridized carbons (Fsp3) is 0.158. The van der Waals surface area contributed by atoms with Gasteiger partial charge in [0.15, 0.2) is 0 Å². The van der Waals surface area contributed by atoms with Gasteiger partial charge in [0.2, 0.25) is 0 Å². The van der Waals surface area contributed by atoms with E-state index in [2.05, 4.69) is 17.2 Å². The third kappa shape index (κ3) is 5.08. The number of carbonyl (C=O) groups is 2. The standard InChI is InChI=1S/C19H18N2O5/c1-12(22)17(19(25)21-26)20-18(24)15-9-7-13(8-10-15)5-6-14-3-2-4-16(23)11-14/h2-4,7-12,17,22-23,26H,1H3,(H,20,24)(H,21,25)/t12-,17+/m1/s1. The van der Waals surface area contributed by atoms with E-state index >= 15 is 0 Å². The first kappa shape index (κ1) is 19.0. The summed E-state index contributed by atoms with van der Waals surface area (Å²) in [5.74, 6) is 4.44. The van der Waals surface area contributed by atoms with Crippen molar-refractivity contribution in [2.45, 2.75) is 19.1 Å². The molecule has 26 heavy (non-hydrogen) atoms. The van der Waals surface area contributed by atoms with Crippen LogP contribution >= 0.6 is 0 Å². The van der Waals surface area contributed by atoms with Crippen LogP contribution in [0.25, 0.3) is 0 Å². The predicted octanol–water partition coefficient (Wildman–Crippen LogP) is 0.777. The van der Waals surface area contributed by atoms with Gasteiger partial charge in [-0.3, -0.25) is 14.8 Å². The Kier molecular flexibility index (Phi) is 6.33. The molecule has 0 fully saturated rings. The second-order valence-electron chi connectivity index (χ2n) is 5.55. The number of hydroxylamine groups is 1. The van der Waals surface area contributed by atoms with Crippen LogP contribution in [0.3, 0.4) is 0 Å². The summed E-state index contributed by atoms with van der Waals surface area (Å²) in [7, 11) is 0. The topological polar surface area (TPSA) is 119 Å². The van der Waals surface area contributed by atoms with Gasteiger partial charge >= 0.3 is 0 Å². The first-order chi connectivity index (χ1) is 12.4. The van der Waals surface area contributed by atoms with Crippen molar-refractivity contribution in [3.8, 4) is 17.6 Å². The number of phenols is 1. The van der Waals surface area contributed by atoms with Crippen LogP contribution in [0.1, 0.15) is 28.4 Å². The summed E-state index contributed by atoms with van der Waals surface area (Å²) < 4.78 is 0. The Morgan fingerprint density at radius 1 is 1.04 bits per heavy atom.